The van der Waals surface area contributed by atoms with Crippen LogP contribution < -0.4 is 108 Å². The van der Waals surface area contributed by atoms with Gasteiger partial charge in [-0.2, -0.15) is 15.5 Å². The van der Waals surface area contributed by atoms with Gasteiger partial charge in [0.1, 0.15) is 17.3 Å². The van der Waals surface area contributed by atoms with Crippen LogP contribution >= 0.6 is 23.2 Å². The van der Waals surface area contributed by atoms with E-state index in [0.717, 1.165) is 19.5 Å². The van der Waals surface area contributed by atoms with Crippen LogP contribution in [0, 0.1) is 17.2 Å². The first-order chi connectivity index (χ1) is 24.7. The van der Waals surface area contributed by atoms with Gasteiger partial charge < -0.3 is 19.2 Å². The summed E-state index contributed by atoms with van der Waals surface area (Å²) in [5.41, 5.74) is 1.00. The summed E-state index contributed by atoms with van der Waals surface area (Å²) in [5.74, 6) is -0.921. The standard InChI is InChI=1S/C33H43Cl2N7O8S2.2K/c34-26-17-24(52(47,48)49)18-27(35)31(26)42-32(25(19-36)30(40-42)20-5-2-1-3-6-20)39-38-28-10-9-22(41-11-13-50-14-12-41)16-29(28)37-33(43)21-7-4-8-23(15-21)51(44,45)46;;/h1-3,5-6,21-24,26-29,31H,4,7-18H2,(H,37,43)(H,44,45,46)(H,47,48,49);;/q;2*+1/p-2. The first-order valence-electron chi connectivity index (χ1n) is 17.5. The molecule has 4 aliphatic rings. The molecular formula is C33H41Cl2K2N7O8S2. The normalized spacial score (nSPS) is 31.1. The number of carbonyl (C=O) groups excluding carboxylic acids is 1. The number of nitrogens with one attached hydrogen (secondary N) is 1. The number of azo groups is 1. The number of nitriles is 1. The number of carbonyl (C=O) groups is 1. The van der Waals surface area contributed by atoms with Crippen molar-refractivity contribution in [1.29, 1.82) is 5.26 Å². The number of alkyl halides is 2. The zero-order valence-electron chi connectivity index (χ0n) is 30.3. The molecule has 7 unspecified atom stereocenters. The van der Waals surface area contributed by atoms with E-state index < -0.39 is 65.5 Å². The van der Waals surface area contributed by atoms with Crippen LogP contribution in [0.3, 0.4) is 0 Å². The molecule has 3 aliphatic carbocycles. The van der Waals surface area contributed by atoms with Gasteiger partial charge in [-0.25, -0.2) is 21.5 Å². The zero-order valence-corrected chi connectivity index (χ0v) is 39.7. The predicted molar refractivity (Wildman–Crippen MR) is 189 cm³/mol. The Kier molecular flexibility index (Phi) is 18.1. The van der Waals surface area contributed by atoms with Gasteiger partial charge in [-0.15, -0.1) is 28.3 Å². The van der Waals surface area contributed by atoms with Gasteiger partial charge in [0.15, 0.2) is 5.82 Å². The topological polar surface area (TPSA) is 222 Å². The Labute approximate surface area is 411 Å². The average Bonchev–Trinajstić information content (AvgIpc) is 3.48. The smallest absolute Gasteiger partial charge is 0.748 e. The first-order valence-corrected chi connectivity index (χ1v) is 21.3. The van der Waals surface area contributed by atoms with Crippen LogP contribution in [0.1, 0.15) is 69.4 Å². The number of ether oxygens (including phenoxy) is 1. The Morgan fingerprint density at radius 1 is 0.926 bits per heavy atom. The second-order valence-corrected chi connectivity index (χ2v) is 18.5. The summed E-state index contributed by atoms with van der Waals surface area (Å²) in [6.07, 6.45) is 2.58. The number of hydrogen-bond donors (Lipinski definition) is 1. The molecule has 7 atom stereocenters. The molecule has 21 heteroatoms. The van der Waals surface area contributed by atoms with E-state index in [1.165, 1.54) is 4.68 Å². The fourth-order valence-corrected chi connectivity index (χ4v) is 11.1. The van der Waals surface area contributed by atoms with Crippen molar-refractivity contribution in [1.82, 2.24) is 20.0 Å². The Morgan fingerprint density at radius 3 is 2.19 bits per heavy atom. The minimum atomic E-state index is -4.66. The second-order valence-electron chi connectivity index (χ2n) is 14.1. The molecule has 1 aromatic carbocycles. The Bertz CT molecular complexity index is 1890. The first kappa shape index (κ1) is 47.3. The van der Waals surface area contributed by atoms with Crippen LogP contribution in [0.4, 0.5) is 5.82 Å². The van der Waals surface area contributed by atoms with Crippen molar-refractivity contribution in [3.05, 3.63) is 35.9 Å². The molecule has 0 bridgehead atoms. The van der Waals surface area contributed by atoms with Crippen LogP contribution in [0.2, 0.25) is 0 Å². The van der Waals surface area contributed by atoms with Gasteiger partial charge in [0.25, 0.3) is 0 Å². The largest absolute Gasteiger partial charge is 1.00 e. The maximum absolute atomic E-state index is 13.7. The zero-order chi connectivity index (χ0) is 37.2. The average molecular weight is 877 g/mol. The van der Waals surface area contributed by atoms with Crippen LogP contribution in [-0.4, -0.2) is 112 Å². The third kappa shape index (κ3) is 11.4. The number of halogens is 2. The molecule has 1 amide bonds. The second kappa shape index (κ2) is 20.7. The molecule has 6 rings (SSSR count). The van der Waals surface area contributed by atoms with Crippen molar-refractivity contribution in [2.75, 3.05) is 26.3 Å². The van der Waals surface area contributed by atoms with Gasteiger partial charge in [-0.1, -0.05) is 36.8 Å². The van der Waals surface area contributed by atoms with Crippen molar-refractivity contribution < 1.29 is 138 Å². The minimum Gasteiger partial charge on any atom is -0.748 e. The Morgan fingerprint density at radius 2 is 1.57 bits per heavy atom. The summed E-state index contributed by atoms with van der Waals surface area (Å²) < 4.78 is 78.0. The molecule has 4 fully saturated rings. The number of aromatic nitrogens is 2. The molecule has 54 heavy (non-hydrogen) atoms. The van der Waals surface area contributed by atoms with Crippen LogP contribution in [0.5, 0.6) is 0 Å². The molecule has 1 N–H and O–H groups in total. The van der Waals surface area contributed by atoms with Gasteiger partial charge in [0.05, 0.1) is 72.8 Å². The Balaban J connectivity index is 0.00000325. The molecule has 0 radical (unpaired) electrons. The van der Waals surface area contributed by atoms with Gasteiger partial charge >= 0.3 is 103 Å². The van der Waals surface area contributed by atoms with E-state index >= 15 is 0 Å². The molecule has 15 nitrogen and oxygen atoms in total. The Hall–Kier alpha value is 0.583. The molecule has 3 saturated carbocycles. The molecule has 2 heterocycles. The molecule has 2 aromatic rings. The molecular weight excluding hydrogens is 836 g/mol. The van der Waals surface area contributed by atoms with Crippen molar-refractivity contribution >= 4 is 55.2 Å². The van der Waals surface area contributed by atoms with Crippen LogP contribution in [-0.2, 0) is 29.8 Å². The van der Waals surface area contributed by atoms with E-state index in [1.807, 2.05) is 6.07 Å². The fourth-order valence-electron chi connectivity index (χ4n) is 8.05. The summed E-state index contributed by atoms with van der Waals surface area (Å²) in [6, 6.07) is 9.37. The molecule has 1 aliphatic heterocycles. The summed E-state index contributed by atoms with van der Waals surface area (Å²) in [6.45, 7) is 2.68. The number of morpholine rings is 1. The summed E-state index contributed by atoms with van der Waals surface area (Å²) in [7, 11) is -9.20. The van der Waals surface area contributed by atoms with Crippen molar-refractivity contribution in [3.63, 3.8) is 0 Å². The van der Waals surface area contributed by atoms with E-state index in [1.54, 1.807) is 24.3 Å². The number of benzene rings is 1. The monoisotopic (exact) mass is 875 g/mol. The van der Waals surface area contributed by atoms with Crippen molar-refractivity contribution in [2.45, 2.75) is 103 Å². The van der Waals surface area contributed by atoms with Crippen LogP contribution in [0.25, 0.3) is 11.3 Å². The SMILES string of the molecule is N#Cc1c(-c2ccccc2)nn(C2C(Cl)CC(S(=O)(=O)[O-])CC2Cl)c1N=NC1CCC(N2CCOCC2)CC1NC(=O)C1CCCC(S(=O)(=O)[O-])C1.[K+].[K+]. The van der Waals surface area contributed by atoms with Crippen LogP contribution in [0.15, 0.2) is 40.6 Å². The number of hydrogen-bond acceptors (Lipinski definition) is 13. The minimum absolute atomic E-state index is 0. The van der Waals surface area contributed by atoms with E-state index in [4.69, 9.17) is 38.2 Å². The van der Waals surface area contributed by atoms with Crippen molar-refractivity contribution in [3.8, 4) is 17.3 Å². The van der Waals surface area contributed by atoms with Gasteiger partial charge in [0.2, 0.25) is 5.91 Å². The number of amides is 1. The van der Waals surface area contributed by atoms with E-state index in [-0.39, 0.29) is 152 Å². The summed E-state index contributed by atoms with van der Waals surface area (Å²) in [4.78, 5) is 16.0. The number of rotatable bonds is 9. The third-order valence-electron chi connectivity index (χ3n) is 10.8. The van der Waals surface area contributed by atoms with E-state index in [0.29, 0.717) is 50.2 Å². The number of nitrogens with zero attached hydrogens (tertiary/aromatic N) is 6. The molecule has 1 aromatic heterocycles. The predicted octanol–water partition coefficient (Wildman–Crippen LogP) is -2.18. The molecule has 1 saturated heterocycles. The maximum atomic E-state index is 13.7. The van der Waals surface area contributed by atoms with Gasteiger partial charge in [-0.05, 0) is 51.4 Å². The maximum Gasteiger partial charge on any atom is 1.00 e. The molecule has 0 spiro atoms. The summed E-state index contributed by atoms with van der Waals surface area (Å²) >= 11 is 13.5. The van der Waals surface area contributed by atoms with E-state index in [2.05, 4.69) is 21.4 Å². The van der Waals surface area contributed by atoms with E-state index in [9.17, 15) is 36.0 Å². The third-order valence-corrected chi connectivity index (χ3v) is 14.2. The summed E-state index contributed by atoms with van der Waals surface area (Å²) in [5, 5.41) is 23.4. The van der Waals surface area contributed by atoms with Gasteiger partial charge in [0, 0.05) is 30.6 Å². The quantitative estimate of drug-likeness (QED) is 0.124. The van der Waals surface area contributed by atoms with Gasteiger partial charge in [-0.3, -0.25) is 9.69 Å². The fraction of sp³-hybridized carbons (Fsp3) is 0.667. The van der Waals surface area contributed by atoms with Crippen molar-refractivity contribution in [2.24, 2.45) is 16.1 Å². The molecule has 284 valence electrons.